The topological polar surface area (TPSA) is 67.2 Å². The van der Waals surface area contributed by atoms with Gasteiger partial charge in [0.05, 0.1) is 11.5 Å². The molecule has 0 saturated carbocycles. The van der Waals surface area contributed by atoms with Gasteiger partial charge in [-0.15, -0.1) is 0 Å². The van der Waals surface area contributed by atoms with Crippen LogP contribution in [0.15, 0.2) is 88.7 Å². The summed E-state index contributed by atoms with van der Waals surface area (Å²) >= 11 is 0. The van der Waals surface area contributed by atoms with E-state index in [1.54, 1.807) is 36.4 Å². The van der Waals surface area contributed by atoms with Crippen molar-refractivity contribution in [3.8, 4) is 11.8 Å². The lowest BCUT2D eigenvalue weighted by Gasteiger charge is -2.07. The largest absolute Gasteiger partial charge is 0.493 e. The van der Waals surface area contributed by atoms with Gasteiger partial charge in [-0.25, -0.2) is 8.42 Å². The van der Waals surface area contributed by atoms with Crippen LogP contribution < -0.4 is 4.74 Å². The number of nitriles is 1. The van der Waals surface area contributed by atoms with E-state index >= 15 is 0 Å². The molecule has 0 bridgehead atoms. The molecule has 0 aliphatic carbocycles. The maximum atomic E-state index is 12.7. The second kappa shape index (κ2) is 9.22. The number of nitrogens with zero attached hydrogens (tertiary/aromatic N) is 1. The van der Waals surface area contributed by atoms with Crippen molar-refractivity contribution in [2.45, 2.75) is 18.2 Å². The molecule has 0 saturated heterocycles. The van der Waals surface area contributed by atoms with Crippen LogP contribution in [0.25, 0.3) is 6.08 Å². The Balaban J connectivity index is 1.70. The number of aryl methyl sites for hydroxylation is 1. The average molecular weight is 404 g/mol. The number of ether oxygens (including phenoxy) is 1. The van der Waals surface area contributed by atoms with E-state index in [2.05, 4.69) is 12.1 Å². The standard InChI is InChI=1S/C24H21NO3S/c1-19-7-13-23(14-8-19)29(26,27)24(18-25)17-21-9-11-22(12-10-21)28-16-15-20-5-3-2-4-6-20/h2-14,17H,15-16H2,1H3. The van der Waals surface area contributed by atoms with Crippen molar-refractivity contribution in [3.05, 3.63) is 100 Å². The molecule has 0 spiro atoms. The molecule has 0 aliphatic heterocycles. The highest BCUT2D eigenvalue weighted by molar-refractivity contribution is 7.95. The predicted octanol–water partition coefficient (Wildman–Crippen LogP) is 4.95. The van der Waals surface area contributed by atoms with E-state index in [1.807, 2.05) is 31.2 Å². The lowest BCUT2D eigenvalue weighted by Crippen LogP contribution is -2.03. The van der Waals surface area contributed by atoms with Gasteiger partial charge >= 0.3 is 0 Å². The van der Waals surface area contributed by atoms with Crippen LogP contribution in [-0.4, -0.2) is 15.0 Å². The van der Waals surface area contributed by atoms with Gasteiger partial charge in [0.2, 0.25) is 9.84 Å². The third-order valence-electron chi connectivity index (χ3n) is 4.41. The Morgan fingerprint density at radius 3 is 2.24 bits per heavy atom. The van der Waals surface area contributed by atoms with Crippen LogP contribution in [0.1, 0.15) is 16.7 Å². The fourth-order valence-electron chi connectivity index (χ4n) is 2.76. The summed E-state index contributed by atoms with van der Waals surface area (Å²) in [5.74, 6) is 0.693. The molecule has 0 aromatic heterocycles. The maximum absolute atomic E-state index is 12.7. The zero-order chi connectivity index (χ0) is 20.7. The van der Waals surface area contributed by atoms with E-state index in [0.29, 0.717) is 17.9 Å². The fraction of sp³-hybridized carbons (Fsp3) is 0.125. The number of sulfone groups is 1. The second-order valence-corrected chi connectivity index (χ2v) is 8.51. The molecular weight excluding hydrogens is 382 g/mol. The van der Waals surface area contributed by atoms with Crippen LogP contribution in [0, 0.1) is 18.3 Å². The monoisotopic (exact) mass is 403 g/mol. The van der Waals surface area contributed by atoms with E-state index in [9.17, 15) is 13.7 Å². The first-order valence-electron chi connectivity index (χ1n) is 9.19. The van der Waals surface area contributed by atoms with Crippen LogP contribution in [0.2, 0.25) is 0 Å². The van der Waals surface area contributed by atoms with E-state index in [-0.39, 0.29) is 9.80 Å². The molecule has 146 valence electrons. The molecular formula is C24H21NO3S. The molecule has 3 rings (SSSR count). The summed E-state index contributed by atoms with van der Waals surface area (Å²) in [6, 6.07) is 25.3. The van der Waals surface area contributed by atoms with Crippen molar-refractivity contribution in [2.24, 2.45) is 0 Å². The molecule has 0 radical (unpaired) electrons. The van der Waals surface area contributed by atoms with Gasteiger partial charge in [-0.3, -0.25) is 0 Å². The summed E-state index contributed by atoms with van der Waals surface area (Å²) in [7, 11) is -3.85. The SMILES string of the molecule is Cc1ccc(S(=O)(=O)C(C#N)=Cc2ccc(OCCc3ccccc3)cc2)cc1. The zero-order valence-corrected chi connectivity index (χ0v) is 16.9. The molecule has 0 heterocycles. The third kappa shape index (κ3) is 5.34. The van der Waals surface area contributed by atoms with Gasteiger partial charge in [-0.1, -0.05) is 60.2 Å². The first-order chi connectivity index (χ1) is 14.0. The van der Waals surface area contributed by atoms with Crippen molar-refractivity contribution in [1.29, 1.82) is 5.26 Å². The van der Waals surface area contributed by atoms with E-state index in [0.717, 1.165) is 12.0 Å². The molecule has 0 N–H and O–H groups in total. The minimum Gasteiger partial charge on any atom is -0.493 e. The minimum atomic E-state index is -3.85. The predicted molar refractivity (Wildman–Crippen MR) is 114 cm³/mol. The molecule has 0 aliphatic rings. The Morgan fingerprint density at radius 1 is 0.966 bits per heavy atom. The Hall–Kier alpha value is -3.36. The van der Waals surface area contributed by atoms with Crippen molar-refractivity contribution in [2.75, 3.05) is 6.61 Å². The molecule has 0 atom stereocenters. The van der Waals surface area contributed by atoms with Gasteiger partial charge in [0.1, 0.15) is 16.7 Å². The molecule has 29 heavy (non-hydrogen) atoms. The van der Waals surface area contributed by atoms with Gasteiger partial charge in [0, 0.05) is 6.42 Å². The lowest BCUT2D eigenvalue weighted by atomic mass is 10.2. The lowest BCUT2D eigenvalue weighted by molar-refractivity contribution is 0.322. The van der Waals surface area contributed by atoms with E-state index in [4.69, 9.17) is 4.74 Å². The fourth-order valence-corrected chi connectivity index (χ4v) is 3.92. The molecule has 3 aromatic carbocycles. The minimum absolute atomic E-state index is 0.108. The molecule has 0 unspecified atom stereocenters. The summed E-state index contributed by atoms with van der Waals surface area (Å²) in [6.07, 6.45) is 2.18. The molecule has 0 amide bonds. The van der Waals surface area contributed by atoms with Crippen LogP contribution in [0.4, 0.5) is 0 Å². The molecule has 4 nitrogen and oxygen atoms in total. The summed E-state index contributed by atoms with van der Waals surface area (Å²) in [5, 5.41) is 9.40. The first-order valence-corrected chi connectivity index (χ1v) is 10.7. The Bertz CT molecular complexity index is 1130. The maximum Gasteiger partial charge on any atom is 0.216 e. The molecule has 3 aromatic rings. The number of benzene rings is 3. The first kappa shape index (κ1) is 20.4. The van der Waals surface area contributed by atoms with Gasteiger partial charge in [-0.2, -0.15) is 5.26 Å². The number of allylic oxidation sites excluding steroid dienone is 1. The van der Waals surface area contributed by atoms with Crippen molar-refractivity contribution in [3.63, 3.8) is 0 Å². The number of hydrogen-bond donors (Lipinski definition) is 0. The highest BCUT2D eigenvalue weighted by Crippen LogP contribution is 2.22. The normalized spacial score (nSPS) is 11.7. The quantitative estimate of drug-likeness (QED) is 0.523. The second-order valence-electron chi connectivity index (χ2n) is 6.59. The Morgan fingerprint density at radius 2 is 1.62 bits per heavy atom. The van der Waals surface area contributed by atoms with Crippen LogP contribution in [-0.2, 0) is 16.3 Å². The average Bonchev–Trinajstić information content (AvgIpc) is 2.74. The Labute approximate surface area is 171 Å². The highest BCUT2D eigenvalue weighted by Gasteiger charge is 2.20. The molecule has 0 fully saturated rings. The van der Waals surface area contributed by atoms with Crippen LogP contribution in [0.5, 0.6) is 5.75 Å². The highest BCUT2D eigenvalue weighted by atomic mass is 32.2. The van der Waals surface area contributed by atoms with Crippen LogP contribution in [0.3, 0.4) is 0 Å². The van der Waals surface area contributed by atoms with Gasteiger partial charge < -0.3 is 4.74 Å². The molecule has 5 heteroatoms. The number of hydrogen-bond acceptors (Lipinski definition) is 4. The Kier molecular flexibility index (Phi) is 6.48. The smallest absolute Gasteiger partial charge is 0.216 e. The van der Waals surface area contributed by atoms with E-state index in [1.165, 1.54) is 23.8 Å². The van der Waals surface area contributed by atoms with Crippen LogP contribution >= 0.6 is 0 Å². The summed E-state index contributed by atoms with van der Waals surface area (Å²) in [6.45, 7) is 2.42. The van der Waals surface area contributed by atoms with Gasteiger partial charge in [0.15, 0.2) is 0 Å². The number of rotatable bonds is 7. The third-order valence-corrected chi connectivity index (χ3v) is 6.09. The summed E-state index contributed by atoms with van der Waals surface area (Å²) < 4.78 is 31.2. The summed E-state index contributed by atoms with van der Waals surface area (Å²) in [4.78, 5) is -0.184. The van der Waals surface area contributed by atoms with Gasteiger partial charge in [-0.05, 0) is 48.4 Å². The van der Waals surface area contributed by atoms with Crippen molar-refractivity contribution < 1.29 is 13.2 Å². The van der Waals surface area contributed by atoms with Crippen molar-refractivity contribution in [1.82, 2.24) is 0 Å². The van der Waals surface area contributed by atoms with Crippen molar-refractivity contribution >= 4 is 15.9 Å². The van der Waals surface area contributed by atoms with Gasteiger partial charge in [0.25, 0.3) is 0 Å². The zero-order valence-electron chi connectivity index (χ0n) is 16.1. The summed E-state index contributed by atoms with van der Waals surface area (Å²) in [5.41, 5.74) is 2.77. The van der Waals surface area contributed by atoms with E-state index < -0.39 is 9.84 Å².